The maximum atomic E-state index is 13.6. The van der Waals surface area contributed by atoms with Gasteiger partial charge < -0.3 is 25.2 Å². The number of fused-ring (bicyclic) bond motifs is 1. The highest BCUT2D eigenvalue weighted by Crippen LogP contribution is 2.42. The summed E-state index contributed by atoms with van der Waals surface area (Å²) in [5.41, 5.74) is 11.1. The van der Waals surface area contributed by atoms with Crippen LogP contribution in [0, 0.1) is 5.92 Å². The first-order valence-corrected chi connectivity index (χ1v) is 14.9. The van der Waals surface area contributed by atoms with E-state index >= 15 is 0 Å². The lowest BCUT2D eigenvalue weighted by atomic mass is 9.90. The number of benzene rings is 1. The number of nitrogens with zero attached hydrogens (tertiary/aromatic N) is 6. The molecular formula is C31H42ClN7O2. The van der Waals surface area contributed by atoms with Gasteiger partial charge in [0.2, 0.25) is 5.91 Å². The highest BCUT2D eigenvalue weighted by molar-refractivity contribution is 6.32. The van der Waals surface area contributed by atoms with Crippen LogP contribution in [0.1, 0.15) is 52.5 Å². The Morgan fingerprint density at radius 3 is 2.63 bits per heavy atom. The van der Waals surface area contributed by atoms with Gasteiger partial charge in [0.1, 0.15) is 23.7 Å². The van der Waals surface area contributed by atoms with Crippen molar-refractivity contribution in [3.63, 3.8) is 0 Å². The van der Waals surface area contributed by atoms with E-state index in [2.05, 4.69) is 42.2 Å². The van der Waals surface area contributed by atoms with Crippen LogP contribution in [-0.4, -0.2) is 72.9 Å². The van der Waals surface area contributed by atoms with Crippen LogP contribution in [0.3, 0.4) is 0 Å². The lowest BCUT2D eigenvalue weighted by Crippen LogP contribution is -2.51. The van der Waals surface area contributed by atoms with Gasteiger partial charge >= 0.3 is 0 Å². The Morgan fingerprint density at radius 2 is 1.95 bits per heavy atom. The van der Waals surface area contributed by atoms with Crippen LogP contribution < -0.4 is 20.3 Å². The number of piperazine rings is 1. The molecule has 41 heavy (non-hydrogen) atoms. The molecule has 3 heterocycles. The third-order valence-electron chi connectivity index (χ3n) is 7.73. The molecule has 1 atom stereocenters. The molecule has 1 unspecified atom stereocenters. The molecule has 0 spiro atoms. The van der Waals surface area contributed by atoms with Crippen LogP contribution in [0.2, 0.25) is 5.02 Å². The number of allylic oxidation sites excluding steroid dienone is 2. The predicted octanol–water partition coefficient (Wildman–Crippen LogP) is 5.46. The second-order valence-corrected chi connectivity index (χ2v) is 10.8. The SMILES string of the molecule is C=C1CCN(CC(=O)N2CCN(c3ccc(Cl)c(OCC)c3)CC2)c2ncnc(N)c2/C1=C(\N=CCC)C(C)CC. The van der Waals surface area contributed by atoms with Crippen LogP contribution in [0.15, 0.2) is 47.4 Å². The number of aliphatic imine (C=N–C) groups is 1. The van der Waals surface area contributed by atoms with Gasteiger partial charge in [-0.25, -0.2) is 9.97 Å². The van der Waals surface area contributed by atoms with Crippen molar-refractivity contribution in [3.8, 4) is 5.75 Å². The minimum atomic E-state index is 0.0584. The Hall–Kier alpha value is -3.59. The highest BCUT2D eigenvalue weighted by atomic mass is 35.5. The number of amides is 1. The number of hydrogen-bond donors (Lipinski definition) is 1. The number of rotatable bonds is 9. The van der Waals surface area contributed by atoms with Crippen LogP contribution in [0.5, 0.6) is 5.75 Å². The zero-order valence-corrected chi connectivity index (χ0v) is 25.5. The molecule has 220 valence electrons. The molecule has 1 aromatic carbocycles. The number of nitrogen functional groups attached to an aromatic ring is 1. The monoisotopic (exact) mass is 579 g/mol. The largest absolute Gasteiger partial charge is 0.492 e. The van der Waals surface area contributed by atoms with E-state index in [0.717, 1.165) is 54.0 Å². The molecule has 10 heteroatoms. The number of aromatic nitrogens is 2. The van der Waals surface area contributed by atoms with E-state index in [1.54, 1.807) is 0 Å². The van der Waals surface area contributed by atoms with Gasteiger partial charge in [0.05, 0.1) is 29.4 Å². The predicted molar refractivity (Wildman–Crippen MR) is 169 cm³/mol. The van der Waals surface area contributed by atoms with Crippen LogP contribution in [0.4, 0.5) is 17.3 Å². The van der Waals surface area contributed by atoms with Crippen molar-refractivity contribution in [2.75, 3.05) is 61.4 Å². The van der Waals surface area contributed by atoms with Crippen LogP contribution in [0.25, 0.3) is 5.57 Å². The van der Waals surface area contributed by atoms with Gasteiger partial charge in [0.25, 0.3) is 0 Å². The Balaban J connectivity index is 1.55. The molecule has 1 amide bonds. The average molecular weight is 580 g/mol. The van der Waals surface area contributed by atoms with Gasteiger partial charge in [-0.05, 0) is 49.8 Å². The summed E-state index contributed by atoms with van der Waals surface area (Å²) >= 11 is 6.28. The number of halogens is 1. The lowest BCUT2D eigenvalue weighted by molar-refractivity contribution is -0.130. The topological polar surface area (TPSA) is 100 Å². The minimum Gasteiger partial charge on any atom is -0.492 e. The van der Waals surface area contributed by atoms with E-state index in [4.69, 9.17) is 27.1 Å². The van der Waals surface area contributed by atoms with E-state index in [-0.39, 0.29) is 18.4 Å². The maximum absolute atomic E-state index is 13.6. The second-order valence-electron chi connectivity index (χ2n) is 10.4. The zero-order chi connectivity index (χ0) is 29.5. The molecule has 9 nitrogen and oxygen atoms in total. The first kappa shape index (κ1) is 30.4. The second kappa shape index (κ2) is 13.9. The fourth-order valence-corrected chi connectivity index (χ4v) is 5.44. The van der Waals surface area contributed by atoms with Crippen molar-refractivity contribution < 1.29 is 9.53 Å². The fraction of sp³-hybridized carbons (Fsp3) is 0.484. The maximum Gasteiger partial charge on any atom is 0.242 e. The summed E-state index contributed by atoms with van der Waals surface area (Å²) in [6.45, 7) is 16.8. The van der Waals surface area contributed by atoms with Crippen molar-refractivity contribution in [1.82, 2.24) is 14.9 Å². The van der Waals surface area contributed by atoms with E-state index in [1.165, 1.54) is 6.33 Å². The van der Waals surface area contributed by atoms with Crippen molar-refractivity contribution in [3.05, 3.63) is 53.0 Å². The van der Waals surface area contributed by atoms with Crippen molar-refractivity contribution in [2.45, 2.75) is 47.0 Å². The summed E-state index contributed by atoms with van der Waals surface area (Å²) in [5, 5.41) is 0.598. The van der Waals surface area contributed by atoms with E-state index in [1.807, 2.05) is 41.1 Å². The summed E-state index contributed by atoms with van der Waals surface area (Å²) in [6, 6.07) is 5.83. The molecule has 0 aliphatic carbocycles. The third kappa shape index (κ3) is 6.84. The van der Waals surface area contributed by atoms with Gasteiger partial charge in [-0.15, -0.1) is 0 Å². The van der Waals surface area contributed by atoms with E-state index < -0.39 is 0 Å². The zero-order valence-electron chi connectivity index (χ0n) is 24.7. The van der Waals surface area contributed by atoms with Gasteiger partial charge in [0.15, 0.2) is 0 Å². The third-order valence-corrected chi connectivity index (χ3v) is 8.04. The van der Waals surface area contributed by atoms with Crippen LogP contribution in [-0.2, 0) is 4.79 Å². The van der Waals surface area contributed by atoms with Gasteiger partial charge in [0, 0.05) is 56.3 Å². The molecule has 1 saturated heterocycles. The van der Waals surface area contributed by atoms with Crippen molar-refractivity contribution >= 4 is 46.6 Å². The Bertz CT molecular complexity index is 1320. The lowest BCUT2D eigenvalue weighted by Gasteiger charge is -2.37. The molecule has 2 N–H and O–H groups in total. The molecule has 4 rings (SSSR count). The standard InChI is InChI=1S/C31H42ClN7O2/c1-6-12-34-29(21(4)7-2)27-22(5)11-13-39(31-28(27)30(33)35-20-36-31)19-26(40)38-16-14-37(15-17-38)23-9-10-24(32)25(18-23)41-8-3/h9-10,12,18,20-21H,5-8,11,13-17,19H2,1-4H3,(H2,33,35,36)/b29-27-,34-12?. The molecule has 1 fully saturated rings. The van der Waals surface area contributed by atoms with Gasteiger partial charge in [-0.3, -0.25) is 9.79 Å². The van der Waals surface area contributed by atoms with Crippen LogP contribution >= 0.6 is 11.6 Å². The van der Waals surface area contributed by atoms with E-state index in [9.17, 15) is 4.79 Å². The molecule has 2 aliphatic heterocycles. The molecule has 0 radical (unpaired) electrons. The summed E-state index contributed by atoms with van der Waals surface area (Å²) in [4.78, 5) is 33.6. The molecule has 0 bridgehead atoms. The van der Waals surface area contributed by atoms with Gasteiger partial charge in [-0.1, -0.05) is 39.0 Å². The molecular weight excluding hydrogens is 538 g/mol. The van der Waals surface area contributed by atoms with Gasteiger partial charge in [-0.2, -0.15) is 0 Å². The molecule has 2 aromatic rings. The van der Waals surface area contributed by atoms with Crippen molar-refractivity contribution in [1.29, 1.82) is 0 Å². The summed E-state index contributed by atoms with van der Waals surface area (Å²) < 4.78 is 5.66. The van der Waals surface area contributed by atoms with E-state index in [0.29, 0.717) is 55.1 Å². The number of hydrogen-bond acceptors (Lipinski definition) is 8. The number of carbonyl (C=O) groups is 1. The quantitative estimate of drug-likeness (QED) is 0.393. The number of anilines is 3. The smallest absolute Gasteiger partial charge is 0.242 e. The highest BCUT2D eigenvalue weighted by Gasteiger charge is 2.31. The molecule has 0 saturated carbocycles. The first-order valence-electron chi connectivity index (χ1n) is 14.5. The normalized spacial score (nSPS) is 17.9. The average Bonchev–Trinajstić information content (AvgIpc) is 3.11. The molecule has 1 aromatic heterocycles. The minimum absolute atomic E-state index is 0.0584. The Labute approximate surface area is 248 Å². The molecule has 2 aliphatic rings. The Kier molecular flexibility index (Phi) is 10.3. The number of carbonyl (C=O) groups excluding carboxylic acids is 1. The summed E-state index contributed by atoms with van der Waals surface area (Å²) in [6.07, 6.45) is 5.82. The Morgan fingerprint density at radius 1 is 1.20 bits per heavy atom. The number of ether oxygens (including phenoxy) is 1. The summed E-state index contributed by atoms with van der Waals surface area (Å²) in [7, 11) is 0. The summed E-state index contributed by atoms with van der Waals surface area (Å²) in [5.74, 6) is 1.98. The fourth-order valence-electron chi connectivity index (χ4n) is 5.26. The first-order chi connectivity index (χ1) is 19.8. The van der Waals surface area contributed by atoms with Crippen molar-refractivity contribution in [2.24, 2.45) is 10.9 Å². The number of nitrogens with two attached hydrogens (primary N) is 1.